The van der Waals surface area contributed by atoms with Gasteiger partial charge in [0.25, 0.3) is 0 Å². The lowest BCUT2D eigenvalue weighted by atomic mass is 9.74. The molecule has 6 heteroatoms. The summed E-state index contributed by atoms with van der Waals surface area (Å²) >= 11 is 0. The van der Waals surface area contributed by atoms with E-state index in [4.69, 9.17) is 9.47 Å². The Morgan fingerprint density at radius 1 is 1.64 bits per heavy atom. The predicted molar refractivity (Wildman–Crippen MR) is 78.2 cm³/mol. The van der Waals surface area contributed by atoms with Gasteiger partial charge in [-0.25, -0.2) is 0 Å². The van der Waals surface area contributed by atoms with Gasteiger partial charge in [0.05, 0.1) is 18.1 Å². The van der Waals surface area contributed by atoms with Crippen molar-refractivity contribution in [2.75, 3.05) is 20.3 Å². The maximum atomic E-state index is 12.8. The summed E-state index contributed by atoms with van der Waals surface area (Å²) in [6, 6.07) is -0.190. The van der Waals surface area contributed by atoms with E-state index in [2.05, 4.69) is 6.58 Å². The van der Waals surface area contributed by atoms with Crippen molar-refractivity contribution in [1.29, 1.82) is 0 Å². The summed E-state index contributed by atoms with van der Waals surface area (Å²) in [6.07, 6.45) is 6.24. The van der Waals surface area contributed by atoms with Gasteiger partial charge in [0.15, 0.2) is 0 Å². The van der Waals surface area contributed by atoms with Crippen LogP contribution in [0.5, 0.6) is 0 Å². The number of aliphatic carboxylic acids is 1. The monoisotopic (exact) mass is 307 g/mol. The lowest BCUT2D eigenvalue weighted by Crippen LogP contribution is -2.45. The maximum absolute atomic E-state index is 12.8. The smallest absolute Gasteiger partial charge is 0.310 e. The zero-order valence-electron chi connectivity index (χ0n) is 12.6. The maximum Gasteiger partial charge on any atom is 0.310 e. The van der Waals surface area contributed by atoms with Crippen molar-refractivity contribution in [3.63, 3.8) is 0 Å². The fraction of sp³-hybridized carbons (Fsp3) is 0.625. The van der Waals surface area contributed by atoms with Crippen LogP contribution >= 0.6 is 0 Å². The molecule has 1 N–H and O–H groups in total. The second-order valence-corrected chi connectivity index (χ2v) is 6.05. The second kappa shape index (κ2) is 5.52. The third kappa shape index (κ3) is 1.94. The number of nitrogens with zero attached hydrogens (tertiary/aromatic N) is 1. The number of amides is 1. The number of hydrogen-bond acceptors (Lipinski definition) is 4. The van der Waals surface area contributed by atoms with Crippen molar-refractivity contribution in [2.45, 2.75) is 30.6 Å². The van der Waals surface area contributed by atoms with E-state index in [1.165, 1.54) is 0 Å². The van der Waals surface area contributed by atoms with Crippen LogP contribution in [-0.4, -0.2) is 59.9 Å². The SMILES string of the molecule is C=CC[C@@H]1N(CCCOC)C(=O)[C@@H]2[C@H](C(=O)O)[C@H]3C=C[C@]21O3. The lowest BCUT2D eigenvalue weighted by Gasteiger charge is -2.32. The van der Waals surface area contributed by atoms with Crippen molar-refractivity contribution in [2.24, 2.45) is 11.8 Å². The molecular formula is C16H21NO5. The molecule has 120 valence electrons. The first-order chi connectivity index (χ1) is 10.6. The van der Waals surface area contributed by atoms with Gasteiger partial charge in [-0.1, -0.05) is 18.2 Å². The molecule has 0 unspecified atom stereocenters. The third-order valence-corrected chi connectivity index (χ3v) is 4.95. The van der Waals surface area contributed by atoms with Crippen LogP contribution in [0.25, 0.3) is 0 Å². The molecule has 3 aliphatic heterocycles. The van der Waals surface area contributed by atoms with E-state index in [-0.39, 0.29) is 11.9 Å². The molecule has 3 heterocycles. The molecule has 1 spiro atoms. The molecule has 0 radical (unpaired) electrons. The number of carbonyl (C=O) groups is 2. The molecule has 1 amide bonds. The summed E-state index contributed by atoms with van der Waals surface area (Å²) in [5.41, 5.74) is -0.813. The predicted octanol–water partition coefficient (Wildman–Crippen LogP) is 0.834. The average molecular weight is 307 g/mol. The molecule has 5 atom stereocenters. The Balaban J connectivity index is 1.92. The number of methoxy groups -OCH3 is 1. The molecular weight excluding hydrogens is 286 g/mol. The van der Waals surface area contributed by atoms with Crippen molar-refractivity contribution in [3.8, 4) is 0 Å². The molecule has 0 aromatic rings. The van der Waals surface area contributed by atoms with Crippen molar-refractivity contribution in [3.05, 3.63) is 24.8 Å². The van der Waals surface area contributed by atoms with Crippen LogP contribution in [0.2, 0.25) is 0 Å². The molecule has 0 aromatic heterocycles. The number of ether oxygens (including phenoxy) is 2. The van der Waals surface area contributed by atoms with Crippen LogP contribution in [0.4, 0.5) is 0 Å². The number of fused-ring (bicyclic) bond motifs is 1. The Kier molecular flexibility index (Phi) is 3.82. The minimum absolute atomic E-state index is 0.123. The van der Waals surface area contributed by atoms with Gasteiger partial charge in [-0.05, 0) is 12.8 Å². The molecule has 0 saturated carbocycles. The van der Waals surface area contributed by atoms with E-state index in [9.17, 15) is 14.7 Å². The Morgan fingerprint density at radius 2 is 2.41 bits per heavy atom. The van der Waals surface area contributed by atoms with Gasteiger partial charge in [0.2, 0.25) is 5.91 Å². The van der Waals surface area contributed by atoms with Crippen LogP contribution in [-0.2, 0) is 19.1 Å². The Hall–Kier alpha value is -1.66. The van der Waals surface area contributed by atoms with E-state index in [1.807, 2.05) is 6.08 Å². The largest absolute Gasteiger partial charge is 0.481 e. The van der Waals surface area contributed by atoms with Gasteiger partial charge in [-0.3, -0.25) is 9.59 Å². The van der Waals surface area contributed by atoms with E-state index in [1.54, 1.807) is 24.2 Å². The van der Waals surface area contributed by atoms with E-state index >= 15 is 0 Å². The number of carbonyl (C=O) groups excluding carboxylic acids is 1. The van der Waals surface area contributed by atoms with E-state index < -0.39 is 29.5 Å². The third-order valence-electron chi connectivity index (χ3n) is 4.95. The number of rotatable bonds is 7. The zero-order valence-corrected chi connectivity index (χ0v) is 12.6. The van der Waals surface area contributed by atoms with Gasteiger partial charge in [0, 0.05) is 20.3 Å². The molecule has 0 aliphatic carbocycles. The molecule has 2 fully saturated rings. The molecule has 3 rings (SSSR count). The average Bonchev–Trinajstić information content (AvgIpc) is 3.11. The highest BCUT2D eigenvalue weighted by molar-refractivity contribution is 5.91. The number of carboxylic acids is 1. The van der Waals surface area contributed by atoms with Gasteiger partial charge in [-0.2, -0.15) is 0 Å². The van der Waals surface area contributed by atoms with Gasteiger partial charge in [-0.15, -0.1) is 6.58 Å². The quantitative estimate of drug-likeness (QED) is 0.557. The minimum atomic E-state index is -0.967. The number of carboxylic acid groups (broad SMARTS) is 1. The molecule has 0 aromatic carbocycles. The first-order valence-corrected chi connectivity index (χ1v) is 7.57. The Labute approximate surface area is 129 Å². The highest BCUT2D eigenvalue weighted by Crippen LogP contribution is 2.55. The number of likely N-dealkylation sites (tertiary alicyclic amines) is 1. The van der Waals surface area contributed by atoms with Crippen molar-refractivity contribution in [1.82, 2.24) is 4.90 Å². The molecule has 6 nitrogen and oxygen atoms in total. The summed E-state index contributed by atoms with van der Waals surface area (Å²) in [5, 5.41) is 9.49. The van der Waals surface area contributed by atoms with Crippen LogP contribution in [0, 0.1) is 11.8 Å². The molecule has 22 heavy (non-hydrogen) atoms. The summed E-state index contributed by atoms with van der Waals surface area (Å²) in [4.78, 5) is 26.2. The zero-order chi connectivity index (χ0) is 15.9. The minimum Gasteiger partial charge on any atom is -0.481 e. The summed E-state index contributed by atoms with van der Waals surface area (Å²) in [6.45, 7) is 4.87. The normalized spacial score (nSPS) is 38.6. The molecule has 2 saturated heterocycles. The fourth-order valence-corrected chi connectivity index (χ4v) is 4.12. The Bertz CT molecular complexity index is 531. The Morgan fingerprint density at radius 3 is 3.05 bits per heavy atom. The van der Waals surface area contributed by atoms with Crippen LogP contribution in [0.3, 0.4) is 0 Å². The van der Waals surface area contributed by atoms with Crippen LogP contribution in [0.1, 0.15) is 12.8 Å². The first-order valence-electron chi connectivity index (χ1n) is 7.57. The summed E-state index contributed by atoms with van der Waals surface area (Å²) in [7, 11) is 1.62. The highest BCUT2D eigenvalue weighted by atomic mass is 16.5. The van der Waals surface area contributed by atoms with E-state index in [0.717, 1.165) is 0 Å². The lowest BCUT2D eigenvalue weighted by molar-refractivity contribution is -0.148. The van der Waals surface area contributed by atoms with Gasteiger partial charge < -0.3 is 19.5 Å². The van der Waals surface area contributed by atoms with Gasteiger partial charge in [0.1, 0.15) is 11.5 Å². The second-order valence-electron chi connectivity index (χ2n) is 6.05. The van der Waals surface area contributed by atoms with Crippen molar-refractivity contribution < 1.29 is 24.2 Å². The molecule has 3 aliphatic rings. The first kappa shape index (κ1) is 15.2. The number of hydrogen-bond donors (Lipinski definition) is 1. The van der Waals surface area contributed by atoms with Crippen LogP contribution < -0.4 is 0 Å². The highest BCUT2D eigenvalue weighted by Gasteiger charge is 2.70. The fourth-order valence-electron chi connectivity index (χ4n) is 4.12. The van der Waals surface area contributed by atoms with Crippen molar-refractivity contribution >= 4 is 11.9 Å². The summed E-state index contributed by atoms with van der Waals surface area (Å²) < 4.78 is 11.0. The molecule has 2 bridgehead atoms. The standard InChI is InChI=1S/C16H21NO5/c1-3-5-11-16-7-6-10(22-16)12(15(19)20)13(16)14(18)17(11)8-4-9-21-2/h3,6-7,10-13H,1,4-5,8-9H2,2H3,(H,19,20)/t10-,11+,12-,13+,16-/m1/s1. The van der Waals surface area contributed by atoms with E-state index in [0.29, 0.717) is 26.0 Å². The topological polar surface area (TPSA) is 76.1 Å². The van der Waals surface area contributed by atoms with Crippen LogP contribution in [0.15, 0.2) is 24.8 Å². The van der Waals surface area contributed by atoms with Gasteiger partial charge >= 0.3 is 5.97 Å². The summed E-state index contributed by atoms with van der Waals surface area (Å²) in [5.74, 6) is -2.52.